The van der Waals surface area contributed by atoms with Crippen LogP contribution in [0.3, 0.4) is 0 Å². The fraction of sp³-hybridized carbons (Fsp3) is 0.333. The molecule has 3 nitrogen and oxygen atoms in total. The Morgan fingerprint density at radius 3 is 2.08 bits per heavy atom. The van der Waals surface area contributed by atoms with Gasteiger partial charge in [-0.25, -0.2) is 4.63 Å². The smallest absolute Gasteiger partial charge is 0.134 e. The van der Waals surface area contributed by atoms with Crippen molar-refractivity contribution in [3.8, 4) is 0 Å². The van der Waals surface area contributed by atoms with Crippen LogP contribution in [0.1, 0.15) is 25.2 Å². The number of nitrogens with zero attached hydrogens (tertiary/aromatic N) is 2. The first-order chi connectivity index (χ1) is 5.67. The van der Waals surface area contributed by atoms with Gasteiger partial charge in [0.2, 0.25) is 0 Å². The van der Waals surface area contributed by atoms with Crippen molar-refractivity contribution >= 4 is 12.2 Å². The summed E-state index contributed by atoms with van der Waals surface area (Å²) >= 11 is 0. The van der Waals surface area contributed by atoms with Crippen molar-refractivity contribution in [3.63, 3.8) is 0 Å². The van der Waals surface area contributed by atoms with Gasteiger partial charge in [-0.3, -0.25) is 0 Å². The summed E-state index contributed by atoms with van der Waals surface area (Å²) in [6.07, 6.45) is 8.04. The van der Waals surface area contributed by atoms with Crippen LogP contribution in [0.25, 0.3) is 12.2 Å². The summed E-state index contributed by atoms with van der Waals surface area (Å²) in [6.45, 7) is 4.26. The number of fused-ring (bicyclic) bond motifs is 1. The first-order valence-electron chi connectivity index (χ1n) is 3.88. The van der Waals surface area contributed by atoms with Gasteiger partial charge in [-0.1, -0.05) is 26.0 Å². The Labute approximate surface area is 70.7 Å². The fourth-order valence-corrected chi connectivity index (χ4v) is 1.08. The van der Waals surface area contributed by atoms with Gasteiger partial charge in [0.1, 0.15) is 11.4 Å². The SMILES string of the molecule is CC1(C)C=Cc2nonc2C=C1. The average Bonchev–Trinajstić information content (AvgIpc) is 2.40. The van der Waals surface area contributed by atoms with E-state index in [9.17, 15) is 0 Å². The molecule has 62 valence electrons. The van der Waals surface area contributed by atoms with Crippen molar-refractivity contribution in [1.29, 1.82) is 0 Å². The molecule has 0 radical (unpaired) electrons. The second-order valence-electron chi connectivity index (χ2n) is 3.52. The summed E-state index contributed by atoms with van der Waals surface area (Å²) in [5.41, 5.74) is 1.68. The Balaban J connectivity index is 2.49. The lowest BCUT2D eigenvalue weighted by molar-refractivity contribution is 0.305. The van der Waals surface area contributed by atoms with Crippen LogP contribution in [0.2, 0.25) is 0 Å². The lowest BCUT2D eigenvalue weighted by atomic mass is 9.93. The highest BCUT2D eigenvalue weighted by molar-refractivity contribution is 5.62. The van der Waals surface area contributed by atoms with Crippen LogP contribution in [0, 0.1) is 5.41 Å². The average molecular weight is 162 g/mol. The molecule has 0 unspecified atom stereocenters. The molecule has 12 heavy (non-hydrogen) atoms. The fourth-order valence-electron chi connectivity index (χ4n) is 1.08. The third-order valence-corrected chi connectivity index (χ3v) is 1.88. The largest absolute Gasteiger partial charge is 0.243 e. The molecule has 1 aliphatic rings. The molecule has 0 saturated carbocycles. The summed E-state index contributed by atoms with van der Waals surface area (Å²) < 4.78 is 4.59. The van der Waals surface area contributed by atoms with E-state index in [1.54, 1.807) is 0 Å². The van der Waals surface area contributed by atoms with Gasteiger partial charge in [-0.05, 0) is 22.5 Å². The van der Waals surface area contributed by atoms with Crippen molar-refractivity contribution in [2.24, 2.45) is 5.41 Å². The number of hydrogen-bond donors (Lipinski definition) is 0. The molecule has 0 saturated heterocycles. The van der Waals surface area contributed by atoms with E-state index in [4.69, 9.17) is 0 Å². The maximum atomic E-state index is 4.59. The molecule has 3 heteroatoms. The standard InChI is InChI=1S/C9H10N2O/c1-9(2)5-3-7-8(4-6-9)11-12-10-7/h3-6H,1-2H3. The van der Waals surface area contributed by atoms with Crippen molar-refractivity contribution in [1.82, 2.24) is 10.3 Å². The molecule has 1 aromatic rings. The minimum Gasteiger partial charge on any atom is -0.243 e. The van der Waals surface area contributed by atoms with Crippen LogP contribution in [0.5, 0.6) is 0 Å². The zero-order valence-electron chi connectivity index (χ0n) is 7.11. The minimum absolute atomic E-state index is 0.0787. The van der Waals surface area contributed by atoms with E-state index in [0.717, 1.165) is 11.4 Å². The second kappa shape index (κ2) is 2.30. The van der Waals surface area contributed by atoms with E-state index >= 15 is 0 Å². The summed E-state index contributed by atoms with van der Waals surface area (Å²) in [6, 6.07) is 0. The Morgan fingerprint density at radius 2 is 1.58 bits per heavy atom. The normalized spacial score (nSPS) is 18.8. The zero-order chi connectivity index (χ0) is 8.60. The van der Waals surface area contributed by atoms with Gasteiger partial charge >= 0.3 is 0 Å². The van der Waals surface area contributed by atoms with Crippen LogP contribution >= 0.6 is 0 Å². The third kappa shape index (κ3) is 1.18. The van der Waals surface area contributed by atoms with Crippen molar-refractivity contribution in [2.75, 3.05) is 0 Å². The molecule has 0 fully saturated rings. The van der Waals surface area contributed by atoms with Crippen LogP contribution in [-0.2, 0) is 0 Å². The quantitative estimate of drug-likeness (QED) is 0.586. The molecule has 0 N–H and O–H groups in total. The summed E-state index contributed by atoms with van der Waals surface area (Å²) in [4.78, 5) is 0. The molecule has 0 bridgehead atoms. The monoisotopic (exact) mass is 162 g/mol. The van der Waals surface area contributed by atoms with Gasteiger partial charge in [-0.15, -0.1) is 0 Å². The maximum absolute atomic E-state index is 4.59. The zero-order valence-corrected chi connectivity index (χ0v) is 7.11. The Hall–Kier alpha value is -1.38. The van der Waals surface area contributed by atoms with Crippen LogP contribution in [0.4, 0.5) is 0 Å². The third-order valence-electron chi connectivity index (χ3n) is 1.88. The number of rotatable bonds is 0. The molecular weight excluding hydrogens is 152 g/mol. The minimum atomic E-state index is 0.0787. The van der Waals surface area contributed by atoms with E-state index in [1.165, 1.54) is 0 Å². The molecule has 0 spiro atoms. The lowest BCUT2D eigenvalue weighted by Crippen LogP contribution is -2.00. The topological polar surface area (TPSA) is 38.9 Å². The number of hydrogen-bond acceptors (Lipinski definition) is 3. The highest BCUT2D eigenvalue weighted by Gasteiger charge is 2.14. The Morgan fingerprint density at radius 1 is 1.08 bits per heavy atom. The number of allylic oxidation sites excluding steroid dienone is 2. The van der Waals surface area contributed by atoms with E-state index in [-0.39, 0.29) is 5.41 Å². The summed E-state index contributed by atoms with van der Waals surface area (Å²) in [5, 5.41) is 7.52. The van der Waals surface area contributed by atoms with E-state index < -0.39 is 0 Å². The highest BCUT2D eigenvalue weighted by Crippen LogP contribution is 2.25. The number of aromatic nitrogens is 2. The van der Waals surface area contributed by atoms with Gasteiger partial charge in [0, 0.05) is 5.41 Å². The molecule has 0 aliphatic heterocycles. The molecular formula is C9H10N2O. The molecule has 0 amide bonds. The van der Waals surface area contributed by atoms with Crippen LogP contribution < -0.4 is 0 Å². The molecule has 0 atom stereocenters. The van der Waals surface area contributed by atoms with E-state index in [0.29, 0.717) is 0 Å². The predicted molar refractivity (Wildman–Crippen MR) is 46.1 cm³/mol. The van der Waals surface area contributed by atoms with Crippen molar-refractivity contribution in [3.05, 3.63) is 23.5 Å². The van der Waals surface area contributed by atoms with Crippen molar-refractivity contribution in [2.45, 2.75) is 13.8 Å². The molecule has 0 aromatic carbocycles. The van der Waals surface area contributed by atoms with Crippen LogP contribution in [0.15, 0.2) is 16.8 Å². The van der Waals surface area contributed by atoms with Crippen molar-refractivity contribution < 1.29 is 4.63 Å². The van der Waals surface area contributed by atoms with E-state index in [1.807, 2.05) is 12.2 Å². The molecule has 2 rings (SSSR count). The summed E-state index contributed by atoms with van der Waals surface area (Å²) in [5.74, 6) is 0. The first-order valence-corrected chi connectivity index (χ1v) is 3.88. The predicted octanol–water partition coefficient (Wildman–Crippen LogP) is 2.14. The lowest BCUT2D eigenvalue weighted by Gasteiger charge is -2.11. The summed E-state index contributed by atoms with van der Waals surface area (Å²) in [7, 11) is 0. The van der Waals surface area contributed by atoms with E-state index in [2.05, 4.69) is 40.9 Å². The Kier molecular flexibility index (Phi) is 1.40. The van der Waals surface area contributed by atoms with Gasteiger partial charge in [0.15, 0.2) is 0 Å². The molecule has 1 aliphatic carbocycles. The van der Waals surface area contributed by atoms with Crippen LogP contribution in [-0.4, -0.2) is 10.3 Å². The first kappa shape index (κ1) is 7.28. The molecule has 1 heterocycles. The van der Waals surface area contributed by atoms with Gasteiger partial charge in [-0.2, -0.15) is 0 Å². The highest BCUT2D eigenvalue weighted by atomic mass is 16.6. The van der Waals surface area contributed by atoms with Gasteiger partial charge in [0.25, 0.3) is 0 Å². The van der Waals surface area contributed by atoms with Gasteiger partial charge < -0.3 is 0 Å². The second-order valence-corrected chi connectivity index (χ2v) is 3.52. The molecule has 1 aromatic heterocycles. The maximum Gasteiger partial charge on any atom is 0.134 e. The Bertz CT molecular complexity index is 317. The van der Waals surface area contributed by atoms with Gasteiger partial charge in [0.05, 0.1) is 0 Å².